The molecule has 2 aromatic carbocycles. The van der Waals surface area contributed by atoms with Gasteiger partial charge in [0.15, 0.2) is 5.58 Å². The van der Waals surface area contributed by atoms with Gasteiger partial charge in [-0.1, -0.05) is 0 Å². The average molecular weight is 338 g/mol. The number of benzene rings is 2. The summed E-state index contributed by atoms with van der Waals surface area (Å²) in [6.45, 7) is 0. The monoisotopic (exact) mass is 338 g/mol. The first-order chi connectivity index (χ1) is 12.0. The molecule has 0 aliphatic carbocycles. The summed E-state index contributed by atoms with van der Waals surface area (Å²) in [5, 5.41) is 12.1. The van der Waals surface area contributed by atoms with E-state index in [1.54, 1.807) is 42.0 Å². The summed E-state index contributed by atoms with van der Waals surface area (Å²) in [6, 6.07) is 10.4. The van der Waals surface area contributed by atoms with Crippen LogP contribution >= 0.6 is 0 Å². The van der Waals surface area contributed by atoms with Crippen LogP contribution in [0.25, 0.3) is 22.1 Å². The normalized spacial score (nSPS) is 11.1. The SMILES string of the molecule is COc1ccc2nc(Nc3nc4cc(C(=O)O)ccc4n3C)oc2c1. The van der Waals surface area contributed by atoms with E-state index >= 15 is 0 Å². The molecule has 0 bridgehead atoms. The molecule has 126 valence electrons. The van der Waals surface area contributed by atoms with Crippen LogP contribution in [0, 0.1) is 0 Å². The minimum absolute atomic E-state index is 0.186. The molecule has 0 aliphatic rings. The number of carboxylic acids is 1. The second-order valence-electron chi connectivity index (χ2n) is 5.48. The summed E-state index contributed by atoms with van der Waals surface area (Å²) in [5.74, 6) is 0.185. The summed E-state index contributed by atoms with van der Waals surface area (Å²) in [7, 11) is 3.41. The zero-order chi connectivity index (χ0) is 17.6. The number of hydrogen-bond donors (Lipinski definition) is 2. The Morgan fingerprint density at radius 3 is 2.80 bits per heavy atom. The highest BCUT2D eigenvalue weighted by Crippen LogP contribution is 2.27. The van der Waals surface area contributed by atoms with E-state index in [1.165, 1.54) is 6.07 Å². The number of ether oxygens (including phenoxy) is 1. The van der Waals surface area contributed by atoms with Crippen LogP contribution in [-0.4, -0.2) is 32.7 Å². The lowest BCUT2D eigenvalue weighted by atomic mass is 10.2. The van der Waals surface area contributed by atoms with E-state index in [4.69, 9.17) is 14.3 Å². The first kappa shape index (κ1) is 15.0. The Morgan fingerprint density at radius 1 is 1.20 bits per heavy atom. The molecule has 2 heterocycles. The summed E-state index contributed by atoms with van der Waals surface area (Å²) in [6.07, 6.45) is 0. The van der Waals surface area contributed by atoms with Gasteiger partial charge in [0.25, 0.3) is 0 Å². The van der Waals surface area contributed by atoms with Crippen molar-refractivity contribution in [3.05, 3.63) is 42.0 Å². The third kappa shape index (κ3) is 2.53. The van der Waals surface area contributed by atoms with Crippen molar-refractivity contribution >= 4 is 40.1 Å². The molecule has 0 spiro atoms. The van der Waals surface area contributed by atoms with Crippen molar-refractivity contribution in [3.63, 3.8) is 0 Å². The molecule has 0 aliphatic heterocycles. The van der Waals surface area contributed by atoms with E-state index in [9.17, 15) is 4.79 Å². The number of aryl methyl sites for hydroxylation is 1. The largest absolute Gasteiger partial charge is 0.497 e. The molecule has 4 rings (SSSR count). The maximum absolute atomic E-state index is 11.1. The molecular weight excluding hydrogens is 324 g/mol. The molecule has 2 aromatic heterocycles. The molecule has 4 aromatic rings. The van der Waals surface area contributed by atoms with Crippen LogP contribution in [0.2, 0.25) is 0 Å². The lowest BCUT2D eigenvalue weighted by Crippen LogP contribution is -1.99. The van der Waals surface area contributed by atoms with Crippen molar-refractivity contribution in [1.82, 2.24) is 14.5 Å². The number of imidazole rings is 1. The number of anilines is 2. The second-order valence-corrected chi connectivity index (χ2v) is 5.48. The van der Waals surface area contributed by atoms with Crippen LogP contribution in [0.4, 0.5) is 12.0 Å². The summed E-state index contributed by atoms with van der Waals surface area (Å²) in [4.78, 5) is 19.9. The van der Waals surface area contributed by atoms with Crippen LogP contribution in [0.1, 0.15) is 10.4 Å². The Labute approximate surface area is 141 Å². The number of carbonyl (C=O) groups is 1. The van der Waals surface area contributed by atoms with Gasteiger partial charge in [-0.25, -0.2) is 9.78 Å². The Kier molecular flexibility index (Phi) is 3.31. The summed E-state index contributed by atoms with van der Waals surface area (Å²) in [5.41, 5.74) is 2.84. The molecular formula is C17H14N4O4. The molecule has 8 heteroatoms. The van der Waals surface area contributed by atoms with E-state index in [1.807, 2.05) is 7.05 Å². The number of aromatic carboxylic acids is 1. The Bertz CT molecular complexity index is 1110. The fourth-order valence-corrected chi connectivity index (χ4v) is 2.63. The molecule has 0 saturated heterocycles. The van der Waals surface area contributed by atoms with Gasteiger partial charge in [0.1, 0.15) is 11.3 Å². The number of rotatable bonds is 4. The first-order valence-corrected chi connectivity index (χ1v) is 7.46. The average Bonchev–Trinajstić information content (AvgIpc) is 3.14. The zero-order valence-electron chi connectivity index (χ0n) is 13.5. The predicted octanol–water partition coefficient (Wildman–Crippen LogP) is 3.16. The lowest BCUT2D eigenvalue weighted by molar-refractivity contribution is 0.0697. The van der Waals surface area contributed by atoms with Gasteiger partial charge in [0, 0.05) is 13.1 Å². The van der Waals surface area contributed by atoms with Crippen molar-refractivity contribution in [1.29, 1.82) is 0 Å². The lowest BCUT2D eigenvalue weighted by Gasteiger charge is -2.01. The second kappa shape index (κ2) is 5.52. The number of aromatic nitrogens is 3. The molecule has 0 atom stereocenters. The van der Waals surface area contributed by atoms with Crippen molar-refractivity contribution in [2.75, 3.05) is 12.4 Å². The number of nitrogens with zero attached hydrogens (tertiary/aromatic N) is 3. The highest BCUT2D eigenvalue weighted by molar-refractivity contribution is 5.93. The van der Waals surface area contributed by atoms with Crippen molar-refractivity contribution in [2.45, 2.75) is 0 Å². The van der Waals surface area contributed by atoms with Crippen LogP contribution < -0.4 is 10.1 Å². The Balaban J connectivity index is 1.72. The maximum atomic E-state index is 11.1. The smallest absolute Gasteiger partial charge is 0.335 e. The third-order valence-corrected chi connectivity index (χ3v) is 3.94. The maximum Gasteiger partial charge on any atom is 0.335 e. The molecule has 0 radical (unpaired) electrons. The van der Waals surface area contributed by atoms with Crippen molar-refractivity contribution in [2.24, 2.45) is 7.05 Å². The number of oxazole rings is 1. The zero-order valence-corrected chi connectivity index (χ0v) is 13.5. The number of nitrogens with one attached hydrogen (secondary N) is 1. The summed E-state index contributed by atoms with van der Waals surface area (Å²) >= 11 is 0. The highest BCUT2D eigenvalue weighted by atomic mass is 16.5. The molecule has 0 unspecified atom stereocenters. The topological polar surface area (TPSA) is 102 Å². The van der Waals surface area contributed by atoms with E-state index in [0.717, 1.165) is 5.52 Å². The molecule has 0 amide bonds. The van der Waals surface area contributed by atoms with Crippen LogP contribution in [0.3, 0.4) is 0 Å². The van der Waals surface area contributed by atoms with Gasteiger partial charge in [0.2, 0.25) is 5.95 Å². The molecule has 25 heavy (non-hydrogen) atoms. The van der Waals surface area contributed by atoms with Gasteiger partial charge in [-0.05, 0) is 30.3 Å². The fraction of sp³-hybridized carbons (Fsp3) is 0.118. The highest BCUT2D eigenvalue weighted by Gasteiger charge is 2.14. The number of fused-ring (bicyclic) bond motifs is 2. The van der Waals surface area contributed by atoms with Gasteiger partial charge in [-0.2, -0.15) is 4.98 Å². The van der Waals surface area contributed by atoms with E-state index in [2.05, 4.69) is 15.3 Å². The molecule has 8 nitrogen and oxygen atoms in total. The van der Waals surface area contributed by atoms with Crippen LogP contribution in [-0.2, 0) is 7.05 Å². The summed E-state index contributed by atoms with van der Waals surface area (Å²) < 4.78 is 12.6. The Morgan fingerprint density at radius 2 is 2.04 bits per heavy atom. The fourth-order valence-electron chi connectivity index (χ4n) is 2.63. The minimum atomic E-state index is -0.991. The number of hydrogen-bond acceptors (Lipinski definition) is 6. The van der Waals surface area contributed by atoms with Gasteiger partial charge >= 0.3 is 12.0 Å². The first-order valence-electron chi connectivity index (χ1n) is 7.46. The van der Waals surface area contributed by atoms with Gasteiger partial charge in [-0.15, -0.1) is 0 Å². The molecule has 0 fully saturated rings. The molecule has 0 saturated carbocycles. The molecule has 2 N–H and O–H groups in total. The Hall–Kier alpha value is -3.55. The van der Waals surface area contributed by atoms with Crippen LogP contribution in [0.5, 0.6) is 5.75 Å². The quantitative estimate of drug-likeness (QED) is 0.589. The predicted molar refractivity (Wildman–Crippen MR) is 91.5 cm³/mol. The van der Waals surface area contributed by atoms with Crippen molar-refractivity contribution in [3.8, 4) is 5.75 Å². The van der Waals surface area contributed by atoms with E-state index < -0.39 is 5.97 Å². The van der Waals surface area contributed by atoms with Crippen molar-refractivity contribution < 1.29 is 19.1 Å². The van der Waals surface area contributed by atoms with E-state index in [0.29, 0.717) is 34.3 Å². The standard InChI is InChI=1S/C17H14N4O4/c1-21-13-6-3-9(15(22)23)7-12(13)18-16(21)20-17-19-11-5-4-10(24-2)8-14(11)25-17/h3-8H,1-2H3,(H,22,23)(H,18,19,20). The van der Waals surface area contributed by atoms with E-state index in [-0.39, 0.29) is 5.56 Å². The van der Waals surface area contributed by atoms with Crippen LogP contribution in [0.15, 0.2) is 40.8 Å². The van der Waals surface area contributed by atoms with Gasteiger partial charge in [0.05, 0.1) is 23.7 Å². The number of carboxylic acid groups (broad SMARTS) is 1. The van der Waals surface area contributed by atoms with Gasteiger partial charge < -0.3 is 18.8 Å². The third-order valence-electron chi connectivity index (χ3n) is 3.94. The van der Waals surface area contributed by atoms with Gasteiger partial charge in [-0.3, -0.25) is 5.32 Å². The number of methoxy groups -OCH3 is 1. The minimum Gasteiger partial charge on any atom is -0.497 e.